The van der Waals surface area contributed by atoms with Gasteiger partial charge in [-0.05, 0) is 18.4 Å². The number of aldehydes is 1. The first-order chi connectivity index (χ1) is 11.2. The Morgan fingerprint density at radius 3 is 2.87 bits per heavy atom. The number of carbonyl (C=O) groups is 2. The van der Waals surface area contributed by atoms with E-state index in [1.807, 2.05) is 30.3 Å². The summed E-state index contributed by atoms with van der Waals surface area (Å²) in [5.74, 6) is -0.823. The number of ketones is 1. The molecule has 2 aliphatic rings. The first-order valence-corrected chi connectivity index (χ1v) is 8.13. The number of Topliss-reactive ketones (excluding diaryl/α,β-unsaturated/α-hetero) is 1. The zero-order valence-electron chi connectivity index (χ0n) is 13.1. The van der Waals surface area contributed by atoms with E-state index in [2.05, 4.69) is 0 Å². The highest BCUT2D eigenvalue weighted by Crippen LogP contribution is 2.37. The number of hydrogen-bond donors (Lipinski definition) is 0. The lowest BCUT2D eigenvalue weighted by Crippen LogP contribution is -2.51. The lowest BCUT2D eigenvalue weighted by Gasteiger charge is -2.44. The van der Waals surface area contributed by atoms with Gasteiger partial charge in [0.15, 0.2) is 5.79 Å². The van der Waals surface area contributed by atoms with Crippen LogP contribution in [0.2, 0.25) is 0 Å². The van der Waals surface area contributed by atoms with E-state index in [-0.39, 0.29) is 18.3 Å². The second-order valence-corrected chi connectivity index (χ2v) is 6.26. The highest BCUT2D eigenvalue weighted by Gasteiger charge is 2.45. The van der Waals surface area contributed by atoms with Crippen LogP contribution in [-0.4, -0.2) is 36.7 Å². The van der Waals surface area contributed by atoms with E-state index >= 15 is 0 Å². The Morgan fingerprint density at radius 2 is 2.09 bits per heavy atom. The Balaban J connectivity index is 1.55. The minimum atomic E-state index is -0.931. The number of ether oxygens (including phenoxy) is 3. The summed E-state index contributed by atoms with van der Waals surface area (Å²) in [5, 5.41) is 0. The van der Waals surface area contributed by atoms with E-state index in [9.17, 15) is 9.59 Å². The fourth-order valence-corrected chi connectivity index (χ4v) is 3.27. The van der Waals surface area contributed by atoms with Gasteiger partial charge in [0.25, 0.3) is 0 Å². The molecule has 1 aromatic rings. The maximum absolute atomic E-state index is 12.1. The molecule has 2 fully saturated rings. The molecule has 124 valence electrons. The van der Waals surface area contributed by atoms with Gasteiger partial charge in [-0.1, -0.05) is 30.3 Å². The molecule has 0 saturated carbocycles. The molecule has 5 nitrogen and oxygen atoms in total. The van der Waals surface area contributed by atoms with Crippen molar-refractivity contribution in [1.29, 1.82) is 0 Å². The van der Waals surface area contributed by atoms with Gasteiger partial charge in [0.2, 0.25) is 0 Å². The predicted molar refractivity (Wildman–Crippen MR) is 82.7 cm³/mol. The van der Waals surface area contributed by atoms with Crippen molar-refractivity contribution in [2.45, 2.75) is 56.7 Å². The van der Waals surface area contributed by atoms with Gasteiger partial charge in [-0.25, -0.2) is 0 Å². The number of carbonyl (C=O) groups excluding carboxylic acids is 2. The van der Waals surface area contributed by atoms with Crippen molar-refractivity contribution in [3.05, 3.63) is 35.9 Å². The summed E-state index contributed by atoms with van der Waals surface area (Å²) < 4.78 is 17.5. The first-order valence-electron chi connectivity index (χ1n) is 8.13. The van der Waals surface area contributed by atoms with E-state index in [0.29, 0.717) is 32.5 Å². The van der Waals surface area contributed by atoms with Crippen molar-refractivity contribution in [3.63, 3.8) is 0 Å². The van der Waals surface area contributed by atoms with Crippen molar-refractivity contribution in [2.24, 2.45) is 0 Å². The van der Waals surface area contributed by atoms with Gasteiger partial charge in [0.1, 0.15) is 18.2 Å². The van der Waals surface area contributed by atoms with Gasteiger partial charge in [0, 0.05) is 12.8 Å². The molecular weight excluding hydrogens is 296 g/mol. The summed E-state index contributed by atoms with van der Waals surface area (Å²) in [6, 6.07) is 9.87. The third-order valence-electron chi connectivity index (χ3n) is 4.28. The van der Waals surface area contributed by atoms with Crippen molar-refractivity contribution in [3.8, 4) is 0 Å². The first kappa shape index (κ1) is 16.3. The van der Waals surface area contributed by atoms with E-state index in [0.717, 1.165) is 18.3 Å². The third-order valence-corrected chi connectivity index (χ3v) is 4.28. The van der Waals surface area contributed by atoms with Crippen LogP contribution in [-0.2, 0) is 30.4 Å². The molecular formula is C18H22O5. The molecule has 23 heavy (non-hydrogen) atoms. The molecule has 5 heteroatoms. The SMILES string of the molecule is O=C[C@@H]1CCC[C@]2(CC(=O)C[C@@H](COCc3ccccc3)O2)O1. The van der Waals surface area contributed by atoms with E-state index in [1.165, 1.54) is 0 Å². The fourth-order valence-electron chi connectivity index (χ4n) is 3.27. The highest BCUT2D eigenvalue weighted by molar-refractivity contribution is 5.80. The second-order valence-electron chi connectivity index (χ2n) is 6.26. The maximum Gasteiger partial charge on any atom is 0.176 e. The molecule has 1 aromatic carbocycles. The molecule has 2 saturated heterocycles. The van der Waals surface area contributed by atoms with Crippen LogP contribution in [0.1, 0.15) is 37.7 Å². The Kier molecular flexibility index (Phi) is 5.20. The van der Waals surface area contributed by atoms with Crippen molar-refractivity contribution < 1.29 is 23.8 Å². The van der Waals surface area contributed by atoms with Crippen LogP contribution in [0, 0.1) is 0 Å². The smallest absolute Gasteiger partial charge is 0.176 e. The topological polar surface area (TPSA) is 61.8 Å². The molecule has 2 aliphatic heterocycles. The van der Waals surface area contributed by atoms with E-state index in [1.54, 1.807) is 0 Å². The van der Waals surface area contributed by atoms with Crippen LogP contribution in [0.5, 0.6) is 0 Å². The minimum absolute atomic E-state index is 0.108. The molecule has 0 N–H and O–H groups in total. The summed E-state index contributed by atoms with van der Waals surface area (Å²) in [7, 11) is 0. The maximum atomic E-state index is 12.1. The Hall–Kier alpha value is -1.56. The summed E-state index contributed by atoms with van der Waals surface area (Å²) in [6.45, 7) is 0.831. The number of rotatable bonds is 5. The van der Waals surface area contributed by atoms with Crippen molar-refractivity contribution >= 4 is 12.1 Å². The summed E-state index contributed by atoms with van der Waals surface area (Å²) >= 11 is 0. The Bertz CT molecular complexity index is 544. The number of benzene rings is 1. The molecule has 0 aromatic heterocycles. The van der Waals surface area contributed by atoms with Gasteiger partial charge in [-0.15, -0.1) is 0 Å². The molecule has 0 unspecified atom stereocenters. The summed E-state index contributed by atoms with van der Waals surface area (Å²) in [4.78, 5) is 23.1. The quantitative estimate of drug-likeness (QED) is 0.780. The average molecular weight is 318 g/mol. The summed E-state index contributed by atoms with van der Waals surface area (Å²) in [6.07, 6.45) is 2.75. The largest absolute Gasteiger partial charge is 0.374 e. The fraction of sp³-hybridized carbons (Fsp3) is 0.556. The van der Waals surface area contributed by atoms with Crippen LogP contribution in [0.25, 0.3) is 0 Å². The highest BCUT2D eigenvalue weighted by atomic mass is 16.7. The standard InChI is InChI=1S/C18H22O5/c19-11-16-7-4-8-18(22-16)10-15(20)9-17(23-18)13-21-12-14-5-2-1-3-6-14/h1-3,5-6,11,16-17H,4,7-10,12-13H2/t16-,17-,18-/m0/s1. The van der Waals surface area contributed by atoms with Gasteiger partial charge >= 0.3 is 0 Å². The molecule has 0 aliphatic carbocycles. The predicted octanol–water partition coefficient (Wildman–Crippen LogP) is 2.42. The van der Waals surface area contributed by atoms with Crippen molar-refractivity contribution in [1.82, 2.24) is 0 Å². The zero-order chi connectivity index (χ0) is 16.1. The molecule has 3 atom stereocenters. The molecule has 3 rings (SSSR count). The van der Waals surface area contributed by atoms with Gasteiger partial charge < -0.3 is 19.0 Å². The molecule has 2 heterocycles. The number of hydrogen-bond acceptors (Lipinski definition) is 5. The van der Waals surface area contributed by atoms with E-state index < -0.39 is 11.9 Å². The lowest BCUT2D eigenvalue weighted by molar-refractivity contribution is -0.303. The van der Waals surface area contributed by atoms with Gasteiger partial charge in [-0.3, -0.25) is 4.79 Å². The van der Waals surface area contributed by atoms with E-state index in [4.69, 9.17) is 14.2 Å². The summed E-state index contributed by atoms with van der Waals surface area (Å²) in [5.41, 5.74) is 1.08. The monoisotopic (exact) mass is 318 g/mol. The van der Waals surface area contributed by atoms with Gasteiger partial charge in [-0.2, -0.15) is 0 Å². The molecule has 0 bridgehead atoms. The average Bonchev–Trinajstić information content (AvgIpc) is 2.55. The van der Waals surface area contributed by atoms with Gasteiger partial charge in [0.05, 0.1) is 25.7 Å². The van der Waals surface area contributed by atoms with Crippen LogP contribution in [0.4, 0.5) is 0 Å². The minimum Gasteiger partial charge on any atom is -0.374 e. The Labute approximate surface area is 135 Å². The molecule has 1 spiro atoms. The molecule has 0 radical (unpaired) electrons. The third kappa shape index (κ3) is 4.25. The van der Waals surface area contributed by atoms with Crippen LogP contribution < -0.4 is 0 Å². The van der Waals surface area contributed by atoms with Crippen LogP contribution in [0.15, 0.2) is 30.3 Å². The molecule has 0 amide bonds. The lowest BCUT2D eigenvalue weighted by atomic mass is 9.92. The van der Waals surface area contributed by atoms with Crippen LogP contribution >= 0.6 is 0 Å². The van der Waals surface area contributed by atoms with Crippen molar-refractivity contribution in [2.75, 3.05) is 6.61 Å². The zero-order valence-corrected chi connectivity index (χ0v) is 13.1. The normalized spacial score (nSPS) is 31.2. The Morgan fingerprint density at radius 1 is 1.26 bits per heavy atom. The second kappa shape index (κ2) is 7.34. The van der Waals surface area contributed by atoms with Crippen LogP contribution in [0.3, 0.4) is 0 Å².